The van der Waals surface area contributed by atoms with Gasteiger partial charge in [0.05, 0.1) is 12.0 Å². The standard InChI is InChI=1S/C12H11F3N2O2/c1-7-2-3-8(9(18)6-7)11-16-10(17-19-11)4-5-12(13,14)15/h2-3,6,18H,4-5H2,1H3. The zero-order valence-corrected chi connectivity index (χ0v) is 10.0. The third kappa shape index (κ3) is 3.46. The molecule has 0 fully saturated rings. The number of alkyl halides is 3. The van der Waals surface area contributed by atoms with E-state index >= 15 is 0 Å². The third-order valence-corrected chi connectivity index (χ3v) is 2.48. The monoisotopic (exact) mass is 272 g/mol. The predicted molar refractivity (Wildman–Crippen MR) is 60.5 cm³/mol. The molecule has 102 valence electrons. The fourth-order valence-corrected chi connectivity index (χ4v) is 1.54. The Labute approximate surface area is 106 Å². The van der Waals surface area contributed by atoms with Crippen LogP contribution in [0.2, 0.25) is 0 Å². The summed E-state index contributed by atoms with van der Waals surface area (Å²) in [7, 11) is 0. The normalized spacial score (nSPS) is 11.8. The lowest BCUT2D eigenvalue weighted by atomic mass is 10.1. The minimum absolute atomic E-state index is 0.00896. The van der Waals surface area contributed by atoms with E-state index in [2.05, 4.69) is 10.1 Å². The third-order valence-electron chi connectivity index (χ3n) is 2.48. The van der Waals surface area contributed by atoms with E-state index in [-0.39, 0.29) is 23.9 Å². The molecule has 7 heteroatoms. The van der Waals surface area contributed by atoms with Crippen molar-refractivity contribution >= 4 is 0 Å². The summed E-state index contributed by atoms with van der Waals surface area (Å²) in [5.74, 6) is -0.0759. The van der Waals surface area contributed by atoms with Crippen LogP contribution in [0.25, 0.3) is 11.5 Å². The van der Waals surface area contributed by atoms with Gasteiger partial charge in [-0.2, -0.15) is 18.2 Å². The van der Waals surface area contributed by atoms with Gasteiger partial charge in [-0.25, -0.2) is 0 Å². The van der Waals surface area contributed by atoms with Gasteiger partial charge in [0, 0.05) is 6.42 Å². The molecule has 2 aromatic rings. The molecular formula is C12H11F3N2O2. The van der Waals surface area contributed by atoms with E-state index in [0.29, 0.717) is 5.56 Å². The minimum atomic E-state index is -4.26. The fraction of sp³-hybridized carbons (Fsp3) is 0.333. The molecule has 0 bridgehead atoms. The van der Waals surface area contributed by atoms with Crippen molar-refractivity contribution in [3.05, 3.63) is 29.6 Å². The second-order valence-electron chi connectivity index (χ2n) is 4.15. The molecule has 4 nitrogen and oxygen atoms in total. The number of aryl methyl sites for hydroxylation is 2. The number of hydrogen-bond donors (Lipinski definition) is 1. The van der Waals surface area contributed by atoms with Gasteiger partial charge in [0.15, 0.2) is 5.82 Å². The van der Waals surface area contributed by atoms with E-state index in [1.54, 1.807) is 19.1 Å². The molecule has 19 heavy (non-hydrogen) atoms. The van der Waals surface area contributed by atoms with Crippen LogP contribution in [0, 0.1) is 6.92 Å². The number of benzene rings is 1. The van der Waals surface area contributed by atoms with E-state index in [9.17, 15) is 18.3 Å². The zero-order valence-electron chi connectivity index (χ0n) is 10.0. The van der Waals surface area contributed by atoms with Gasteiger partial charge in [0.25, 0.3) is 5.89 Å². The summed E-state index contributed by atoms with van der Waals surface area (Å²) in [6.45, 7) is 1.80. The van der Waals surface area contributed by atoms with Crippen LogP contribution in [0.3, 0.4) is 0 Å². The lowest BCUT2D eigenvalue weighted by molar-refractivity contribution is -0.134. The molecule has 1 heterocycles. The Kier molecular flexibility index (Phi) is 3.46. The topological polar surface area (TPSA) is 59.2 Å². The molecule has 0 aliphatic heterocycles. The number of rotatable bonds is 3. The highest BCUT2D eigenvalue weighted by molar-refractivity contribution is 5.62. The first-order valence-electron chi connectivity index (χ1n) is 5.54. The highest BCUT2D eigenvalue weighted by atomic mass is 19.4. The Balaban J connectivity index is 2.16. The van der Waals surface area contributed by atoms with Crippen molar-refractivity contribution in [2.75, 3.05) is 0 Å². The summed E-state index contributed by atoms with van der Waals surface area (Å²) < 4.78 is 41.0. The summed E-state index contributed by atoms with van der Waals surface area (Å²) in [5.41, 5.74) is 1.15. The Bertz CT molecular complexity index is 579. The molecular weight excluding hydrogens is 261 g/mol. The first-order chi connectivity index (χ1) is 8.85. The minimum Gasteiger partial charge on any atom is -0.507 e. The van der Waals surface area contributed by atoms with Crippen molar-refractivity contribution in [1.29, 1.82) is 0 Å². The van der Waals surface area contributed by atoms with Crippen molar-refractivity contribution < 1.29 is 22.8 Å². The summed E-state index contributed by atoms with van der Waals surface area (Å²) in [5, 5.41) is 13.2. The smallest absolute Gasteiger partial charge is 0.389 e. The number of halogens is 3. The maximum absolute atomic E-state index is 12.1. The van der Waals surface area contributed by atoms with E-state index in [1.807, 2.05) is 0 Å². The van der Waals surface area contributed by atoms with Crippen LogP contribution in [0.5, 0.6) is 5.75 Å². The lowest BCUT2D eigenvalue weighted by Crippen LogP contribution is -2.09. The van der Waals surface area contributed by atoms with Crippen molar-refractivity contribution in [3.8, 4) is 17.2 Å². The number of aromatic hydroxyl groups is 1. The van der Waals surface area contributed by atoms with Gasteiger partial charge in [-0.3, -0.25) is 0 Å². The quantitative estimate of drug-likeness (QED) is 0.931. The molecule has 0 saturated heterocycles. The molecule has 0 atom stereocenters. The molecule has 0 radical (unpaired) electrons. The van der Waals surface area contributed by atoms with Crippen LogP contribution in [-0.2, 0) is 6.42 Å². The molecule has 0 unspecified atom stereocenters. The molecule has 0 saturated carbocycles. The number of phenols is 1. The summed E-state index contributed by atoms with van der Waals surface area (Å²) in [6, 6.07) is 4.81. The molecule has 0 aliphatic carbocycles. The zero-order chi connectivity index (χ0) is 14.0. The summed E-state index contributed by atoms with van der Waals surface area (Å²) >= 11 is 0. The van der Waals surface area contributed by atoms with E-state index in [0.717, 1.165) is 5.56 Å². The molecule has 1 aromatic heterocycles. The molecule has 0 spiro atoms. The van der Waals surface area contributed by atoms with Crippen LogP contribution in [0.1, 0.15) is 17.8 Å². The highest BCUT2D eigenvalue weighted by Gasteiger charge is 2.27. The van der Waals surface area contributed by atoms with Gasteiger partial charge >= 0.3 is 6.18 Å². The molecule has 2 rings (SSSR count). The number of aromatic nitrogens is 2. The number of hydrogen-bond acceptors (Lipinski definition) is 4. The molecule has 1 aromatic carbocycles. The molecule has 1 N–H and O–H groups in total. The average Bonchev–Trinajstić information content (AvgIpc) is 2.74. The van der Waals surface area contributed by atoms with Gasteiger partial charge in [0.2, 0.25) is 0 Å². The van der Waals surface area contributed by atoms with Gasteiger partial charge in [-0.15, -0.1) is 0 Å². The largest absolute Gasteiger partial charge is 0.507 e. The van der Waals surface area contributed by atoms with E-state index < -0.39 is 12.6 Å². The van der Waals surface area contributed by atoms with Crippen LogP contribution in [0.15, 0.2) is 22.7 Å². The number of phenolic OH excluding ortho intramolecular Hbond substituents is 1. The first-order valence-corrected chi connectivity index (χ1v) is 5.54. The van der Waals surface area contributed by atoms with Crippen LogP contribution >= 0.6 is 0 Å². The van der Waals surface area contributed by atoms with Crippen LogP contribution in [-0.4, -0.2) is 21.4 Å². The SMILES string of the molecule is Cc1ccc(-c2nc(CCC(F)(F)F)no2)c(O)c1. The maximum atomic E-state index is 12.1. The molecule has 0 amide bonds. The van der Waals surface area contributed by atoms with Crippen molar-refractivity contribution in [3.63, 3.8) is 0 Å². The summed E-state index contributed by atoms with van der Waals surface area (Å²) in [6.07, 6.45) is -5.61. The van der Waals surface area contributed by atoms with Gasteiger partial charge in [-0.05, 0) is 24.6 Å². The lowest BCUT2D eigenvalue weighted by Gasteiger charge is -2.02. The fourth-order valence-electron chi connectivity index (χ4n) is 1.54. The van der Waals surface area contributed by atoms with Crippen molar-refractivity contribution in [2.45, 2.75) is 25.9 Å². The average molecular weight is 272 g/mol. The van der Waals surface area contributed by atoms with Crippen LogP contribution < -0.4 is 0 Å². The van der Waals surface area contributed by atoms with E-state index in [1.165, 1.54) is 6.07 Å². The Morgan fingerprint density at radius 3 is 2.68 bits per heavy atom. The number of nitrogens with zero attached hydrogens (tertiary/aromatic N) is 2. The first kappa shape index (κ1) is 13.4. The highest BCUT2D eigenvalue weighted by Crippen LogP contribution is 2.29. The van der Waals surface area contributed by atoms with Gasteiger partial charge in [0.1, 0.15) is 5.75 Å². The second kappa shape index (κ2) is 4.91. The van der Waals surface area contributed by atoms with Gasteiger partial charge in [-0.1, -0.05) is 11.2 Å². The van der Waals surface area contributed by atoms with Gasteiger partial charge < -0.3 is 9.63 Å². The second-order valence-corrected chi connectivity index (χ2v) is 4.15. The van der Waals surface area contributed by atoms with Crippen LogP contribution in [0.4, 0.5) is 13.2 Å². The van der Waals surface area contributed by atoms with E-state index in [4.69, 9.17) is 4.52 Å². The Hall–Kier alpha value is -2.05. The predicted octanol–water partition coefficient (Wildman–Crippen LogP) is 3.25. The van der Waals surface area contributed by atoms with Crippen molar-refractivity contribution in [2.24, 2.45) is 0 Å². The Morgan fingerprint density at radius 1 is 1.32 bits per heavy atom. The molecule has 0 aliphatic rings. The Morgan fingerprint density at radius 2 is 2.05 bits per heavy atom. The van der Waals surface area contributed by atoms with Crippen molar-refractivity contribution in [1.82, 2.24) is 10.1 Å². The summed E-state index contributed by atoms with van der Waals surface area (Å²) in [4.78, 5) is 3.84. The maximum Gasteiger partial charge on any atom is 0.389 e.